The van der Waals surface area contributed by atoms with Crippen molar-refractivity contribution in [1.29, 1.82) is 0 Å². The molecule has 1 N–H and O–H groups in total. The third-order valence-electron chi connectivity index (χ3n) is 1.38. The van der Waals surface area contributed by atoms with E-state index >= 15 is 0 Å². The van der Waals surface area contributed by atoms with Crippen LogP contribution in [0.15, 0.2) is 30.6 Å². The summed E-state index contributed by atoms with van der Waals surface area (Å²) in [5.74, 6) is 0. The lowest BCUT2D eigenvalue weighted by molar-refractivity contribution is -0.520. The summed E-state index contributed by atoms with van der Waals surface area (Å²) >= 11 is 0. The summed E-state index contributed by atoms with van der Waals surface area (Å²) in [6.45, 7) is 2.06. The Bertz CT molecular complexity index is 530. The van der Waals surface area contributed by atoms with Gasteiger partial charge in [-0.25, -0.2) is 12.6 Å². The average molecular weight is 299 g/mol. The van der Waals surface area contributed by atoms with Gasteiger partial charge in [0.2, 0.25) is 10.4 Å². The molecular weight excluding hydrogens is 286 g/mol. The van der Waals surface area contributed by atoms with Gasteiger partial charge in [0, 0.05) is 12.1 Å². The van der Waals surface area contributed by atoms with Crippen molar-refractivity contribution in [1.82, 2.24) is 0 Å². The lowest BCUT2D eigenvalue weighted by atomic mass is 10.5. The average Bonchev–Trinajstić information content (AvgIpc) is 2.25. The fourth-order valence-electron chi connectivity index (χ4n) is 0.781. The molecule has 0 aliphatic heterocycles. The molecule has 0 spiro atoms. The van der Waals surface area contributed by atoms with E-state index in [2.05, 4.69) is 0 Å². The molecule has 0 saturated heterocycles. The van der Waals surface area contributed by atoms with Gasteiger partial charge >= 0.3 is 10.3 Å². The Morgan fingerprint density at radius 2 is 1.61 bits per heavy atom. The molecule has 0 aliphatic carbocycles. The van der Waals surface area contributed by atoms with E-state index in [1.165, 1.54) is 12.4 Å². The van der Waals surface area contributed by atoms with Crippen LogP contribution in [0.3, 0.4) is 0 Å². The van der Waals surface area contributed by atoms with Crippen molar-refractivity contribution in [3.63, 3.8) is 0 Å². The molecule has 8 nitrogen and oxygen atoms in total. The predicted molar refractivity (Wildman–Crippen MR) is 59.5 cm³/mol. The van der Waals surface area contributed by atoms with Crippen molar-refractivity contribution >= 4 is 20.7 Å². The van der Waals surface area contributed by atoms with Gasteiger partial charge in [-0.3, -0.25) is 4.55 Å². The van der Waals surface area contributed by atoms with Crippen LogP contribution in [-0.4, -0.2) is 32.5 Å². The molecule has 0 radical (unpaired) electrons. The normalized spacial score (nSPS) is 11.5. The molecule has 0 unspecified atom stereocenters. The summed E-state index contributed by atoms with van der Waals surface area (Å²) in [4.78, 5) is 0. The molecule has 10 heteroatoms. The summed E-state index contributed by atoms with van der Waals surface area (Å²) < 4.78 is 61.2. The number of hydrogen-bond acceptors (Lipinski definition) is 6. The van der Waals surface area contributed by atoms with Crippen molar-refractivity contribution in [2.75, 3.05) is 6.61 Å². The Morgan fingerprint density at radius 3 is 2.00 bits per heavy atom. The van der Waals surface area contributed by atoms with Gasteiger partial charge in [-0.15, -0.1) is 8.42 Å². The van der Waals surface area contributed by atoms with Crippen LogP contribution in [0.5, 0.6) is 0 Å². The first-order valence-corrected chi connectivity index (χ1v) is 7.44. The fraction of sp³-hybridized carbons (Fsp3) is 0.375. The van der Waals surface area contributed by atoms with Gasteiger partial charge in [-0.2, -0.15) is 0 Å². The maximum absolute atomic E-state index is 11.3. The quantitative estimate of drug-likeness (QED) is 0.451. The minimum atomic E-state index is -4.92. The summed E-state index contributed by atoms with van der Waals surface area (Å²) in [5, 5.41) is 0. The second-order valence-corrected chi connectivity index (χ2v) is 5.28. The van der Waals surface area contributed by atoms with Gasteiger partial charge < -0.3 is 4.55 Å². The molecule has 0 aliphatic rings. The van der Waals surface area contributed by atoms with Gasteiger partial charge in [0.25, 0.3) is 0 Å². The monoisotopic (exact) mass is 299 g/mol. The lowest BCUT2D eigenvalue weighted by Gasteiger charge is -1.96. The Balaban J connectivity index is 0.000000494. The fourth-order valence-corrected chi connectivity index (χ4v) is 1.72. The molecular formula is C8H13NO7S2. The van der Waals surface area contributed by atoms with Crippen LogP contribution in [0.2, 0.25) is 0 Å². The zero-order valence-electron chi connectivity index (χ0n) is 9.46. The molecule has 18 heavy (non-hydrogen) atoms. The van der Waals surface area contributed by atoms with E-state index in [1.807, 2.05) is 6.92 Å². The number of pyridine rings is 1. The van der Waals surface area contributed by atoms with Gasteiger partial charge in [-0.05, 0) is 6.42 Å². The maximum atomic E-state index is 11.3. The highest BCUT2D eigenvalue weighted by atomic mass is 32.3. The lowest BCUT2D eigenvalue weighted by Crippen LogP contribution is -2.43. The maximum Gasteiger partial charge on any atom is 0.513 e. The molecule has 0 amide bonds. The van der Waals surface area contributed by atoms with Crippen LogP contribution < -0.4 is 3.97 Å². The first-order valence-electron chi connectivity index (χ1n) is 4.71. The highest BCUT2D eigenvalue weighted by molar-refractivity contribution is 7.80. The van der Waals surface area contributed by atoms with E-state index in [-0.39, 0.29) is 6.61 Å². The van der Waals surface area contributed by atoms with Gasteiger partial charge in [-0.1, -0.05) is 17.0 Å². The third kappa shape index (κ3) is 9.01. The second-order valence-electron chi connectivity index (χ2n) is 2.91. The smallest absolute Gasteiger partial charge is 0.513 e. The largest absolute Gasteiger partial charge is 0.726 e. The van der Waals surface area contributed by atoms with Crippen LogP contribution in [0.1, 0.15) is 13.3 Å². The number of rotatable bonds is 4. The Morgan fingerprint density at radius 1 is 1.17 bits per heavy atom. The summed E-state index contributed by atoms with van der Waals surface area (Å²) in [6.07, 6.45) is 3.54. The summed E-state index contributed by atoms with van der Waals surface area (Å²) in [6, 6.07) is 5.01. The first kappa shape index (κ1) is 16.9. The molecule has 0 aromatic carbocycles. The number of nitrogens with zero attached hydrogens (tertiary/aromatic N) is 1. The van der Waals surface area contributed by atoms with Gasteiger partial charge in [0.1, 0.15) is 0 Å². The summed E-state index contributed by atoms with van der Waals surface area (Å²) in [7, 11) is -8.52. The molecule has 1 heterocycles. The zero-order valence-corrected chi connectivity index (χ0v) is 11.1. The van der Waals surface area contributed by atoms with E-state index in [9.17, 15) is 8.42 Å². The summed E-state index contributed by atoms with van der Waals surface area (Å²) in [5.41, 5.74) is 0. The molecule has 1 aromatic heterocycles. The molecule has 0 atom stereocenters. The van der Waals surface area contributed by atoms with E-state index in [0.29, 0.717) is 6.42 Å². The van der Waals surface area contributed by atoms with Crippen LogP contribution in [-0.2, 0) is 24.9 Å². The highest BCUT2D eigenvalue weighted by Gasteiger charge is 2.21. The van der Waals surface area contributed by atoms with Gasteiger partial charge in [0.05, 0.1) is 6.61 Å². The van der Waals surface area contributed by atoms with Crippen molar-refractivity contribution < 1.29 is 34.1 Å². The molecule has 1 rings (SSSR count). The number of aromatic nitrogens is 1. The minimum absolute atomic E-state index is 0.213. The van der Waals surface area contributed by atoms with E-state index in [1.54, 1.807) is 18.2 Å². The molecule has 104 valence electrons. The second kappa shape index (κ2) is 7.38. The third-order valence-corrected chi connectivity index (χ3v) is 2.61. The van der Waals surface area contributed by atoms with Gasteiger partial charge in [0.15, 0.2) is 12.4 Å². The van der Waals surface area contributed by atoms with E-state index < -0.39 is 20.7 Å². The van der Waals surface area contributed by atoms with E-state index in [4.69, 9.17) is 21.7 Å². The Labute approximate surface area is 106 Å². The molecule has 0 fully saturated rings. The Kier molecular flexibility index (Phi) is 6.94. The highest BCUT2D eigenvalue weighted by Crippen LogP contribution is 1.90. The van der Waals surface area contributed by atoms with Crippen molar-refractivity contribution in [3.8, 4) is 0 Å². The van der Waals surface area contributed by atoms with Crippen LogP contribution in [0, 0.1) is 0 Å². The topological polar surface area (TPSA) is 125 Å². The molecule has 0 saturated carbocycles. The standard InChI is InChI=1S/C8H12NO3S.H2O4S/c1-2-8-12-13(10,11)9-6-4-3-5-7-9;1-5(2,3)4/h3-7H,2,8H2,1H3;(H2,1,2,3,4)/q+1;/p-1. The van der Waals surface area contributed by atoms with Crippen molar-refractivity contribution in [2.24, 2.45) is 0 Å². The van der Waals surface area contributed by atoms with Crippen LogP contribution >= 0.6 is 0 Å². The first-order chi connectivity index (χ1) is 8.17. The van der Waals surface area contributed by atoms with Crippen LogP contribution in [0.4, 0.5) is 0 Å². The Hall–Kier alpha value is -1.07. The number of hydrogen-bond donors (Lipinski definition) is 1. The van der Waals surface area contributed by atoms with Crippen molar-refractivity contribution in [2.45, 2.75) is 13.3 Å². The minimum Gasteiger partial charge on any atom is -0.726 e. The zero-order chi connectivity index (χ0) is 14.2. The molecule has 0 bridgehead atoms. The predicted octanol–water partition coefficient (Wildman–Crippen LogP) is -0.502. The SMILES string of the molecule is CCCOS(=O)(=O)[n+]1ccccc1.O=S(=O)([O-])O. The van der Waals surface area contributed by atoms with Crippen LogP contribution in [0.25, 0.3) is 0 Å². The molecule has 1 aromatic rings. The van der Waals surface area contributed by atoms with E-state index in [0.717, 1.165) is 3.97 Å². The van der Waals surface area contributed by atoms with Crippen molar-refractivity contribution in [3.05, 3.63) is 30.6 Å².